The Morgan fingerprint density at radius 3 is 1.83 bits per heavy atom. The van der Waals surface area contributed by atoms with E-state index in [2.05, 4.69) is 86.1 Å². The van der Waals surface area contributed by atoms with Gasteiger partial charge in [-0.2, -0.15) is 0 Å². The first-order chi connectivity index (χ1) is 8.21. The predicted molar refractivity (Wildman–Crippen MR) is 87.8 cm³/mol. The topological polar surface area (TPSA) is 3.24 Å². The summed E-state index contributed by atoms with van der Waals surface area (Å²) in [6.07, 6.45) is 5.73. The largest absolute Gasteiger partial charge is 0.431 e. The Morgan fingerprint density at radius 2 is 1.39 bits per heavy atom. The third kappa shape index (κ3) is 4.82. The standard InChI is InChI=1S/C15H27NSi2/c1-17(2,3)16(18(4,5)6)14-10-13-15-11-8-7-9-12-15/h7-12,14H,13H2,1-6H3/b14-10-. The van der Waals surface area contributed by atoms with Crippen molar-refractivity contribution in [2.24, 2.45) is 0 Å². The number of hydrogen-bond acceptors (Lipinski definition) is 1. The first-order valence-electron chi connectivity index (χ1n) is 6.71. The fourth-order valence-electron chi connectivity index (χ4n) is 2.36. The molecule has 0 fully saturated rings. The van der Waals surface area contributed by atoms with E-state index in [-0.39, 0.29) is 0 Å². The van der Waals surface area contributed by atoms with Gasteiger partial charge in [-0.05, 0) is 18.2 Å². The maximum atomic E-state index is 2.70. The smallest absolute Gasteiger partial charge is 0.138 e. The van der Waals surface area contributed by atoms with Crippen LogP contribution in [-0.2, 0) is 6.42 Å². The van der Waals surface area contributed by atoms with Crippen LogP contribution in [0.15, 0.2) is 42.6 Å². The highest BCUT2D eigenvalue weighted by molar-refractivity contribution is 6.89. The van der Waals surface area contributed by atoms with Crippen LogP contribution >= 0.6 is 0 Å². The van der Waals surface area contributed by atoms with Gasteiger partial charge in [0.25, 0.3) is 0 Å². The van der Waals surface area contributed by atoms with Gasteiger partial charge in [0, 0.05) is 0 Å². The molecule has 0 amide bonds. The molecule has 1 nitrogen and oxygen atoms in total. The summed E-state index contributed by atoms with van der Waals surface area (Å²) in [6, 6.07) is 10.7. The number of allylic oxidation sites excluding steroid dienone is 1. The number of benzene rings is 1. The summed E-state index contributed by atoms with van der Waals surface area (Å²) in [4.78, 5) is 0. The summed E-state index contributed by atoms with van der Waals surface area (Å²) < 4.78 is 2.70. The van der Waals surface area contributed by atoms with Crippen LogP contribution in [0, 0.1) is 0 Å². The molecule has 1 rings (SSSR count). The summed E-state index contributed by atoms with van der Waals surface area (Å²) in [6.45, 7) is 14.6. The molecule has 0 bridgehead atoms. The second-order valence-electron chi connectivity index (χ2n) is 6.79. The molecule has 0 N–H and O–H groups in total. The molecule has 0 aliphatic carbocycles. The van der Waals surface area contributed by atoms with Crippen molar-refractivity contribution in [2.45, 2.75) is 45.7 Å². The van der Waals surface area contributed by atoms with Crippen molar-refractivity contribution in [1.29, 1.82) is 0 Å². The van der Waals surface area contributed by atoms with Crippen LogP contribution < -0.4 is 0 Å². The second kappa shape index (κ2) is 5.89. The molecule has 0 atom stereocenters. The molecular weight excluding hydrogens is 250 g/mol. The molecule has 0 unspecified atom stereocenters. The zero-order valence-electron chi connectivity index (χ0n) is 12.7. The highest BCUT2D eigenvalue weighted by atomic mass is 28.4. The lowest BCUT2D eigenvalue weighted by Gasteiger charge is -2.43. The SMILES string of the molecule is C[Si](C)(C)N(/C=C\Cc1ccccc1)[Si](C)(C)C. The van der Waals surface area contributed by atoms with Crippen molar-refractivity contribution < 1.29 is 0 Å². The molecule has 0 saturated carbocycles. The lowest BCUT2D eigenvalue weighted by Crippen LogP contribution is -2.55. The van der Waals surface area contributed by atoms with Crippen LogP contribution in [0.5, 0.6) is 0 Å². The highest BCUT2D eigenvalue weighted by Gasteiger charge is 2.31. The minimum Gasteiger partial charge on any atom is -0.431 e. The van der Waals surface area contributed by atoms with Crippen LogP contribution in [-0.4, -0.2) is 20.7 Å². The summed E-state index contributed by atoms with van der Waals surface area (Å²) in [7, 11) is -2.50. The summed E-state index contributed by atoms with van der Waals surface area (Å²) >= 11 is 0. The molecule has 0 heterocycles. The maximum absolute atomic E-state index is 2.70. The van der Waals surface area contributed by atoms with Crippen LogP contribution in [0.4, 0.5) is 0 Å². The lowest BCUT2D eigenvalue weighted by molar-refractivity contribution is 0.825. The zero-order valence-corrected chi connectivity index (χ0v) is 14.7. The molecule has 0 saturated heterocycles. The van der Waals surface area contributed by atoms with Crippen LogP contribution in [0.25, 0.3) is 0 Å². The molecular formula is C15H27NSi2. The summed E-state index contributed by atoms with van der Waals surface area (Å²) in [5, 5.41) is 0. The van der Waals surface area contributed by atoms with Gasteiger partial charge in [0.15, 0.2) is 0 Å². The Morgan fingerprint density at radius 1 is 0.889 bits per heavy atom. The van der Waals surface area contributed by atoms with Crippen molar-refractivity contribution in [3.63, 3.8) is 0 Å². The van der Waals surface area contributed by atoms with E-state index in [0.717, 1.165) is 6.42 Å². The maximum Gasteiger partial charge on any atom is 0.138 e. The Hall–Kier alpha value is -0.806. The van der Waals surface area contributed by atoms with Crippen LogP contribution in [0.2, 0.25) is 39.3 Å². The van der Waals surface area contributed by atoms with E-state index in [1.165, 1.54) is 5.56 Å². The second-order valence-corrected chi connectivity index (χ2v) is 16.9. The Kier molecular flexibility index (Phi) is 4.99. The van der Waals surface area contributed by atoms with Gasteiger partial charge in [-0.25, -0.2) is 0 Å². The van der Waals surface area contributed by atoms with Crippen molar-refractivity contribution in [1.82, 2.24) is 4.23 Å². The van der Waals surface area contributed by atoms with Gasteiger partial charge in [-0.1, -0.05) is 75.7 Å². The molecule has 1 aromatic carbocycles. The third-order valence-corrected chi connectivity index (χ3v) is 10.1. The third-order valence-electron chi connectivity index (χ3n) is 2.90. The number of nitrogens with zero attached hydrogens (tertiary/aromatic N) is 1. The minimum absolute atomic E-state index is 1.03. The van der Waals surface area contributed by atoms with Crippen LogP contribution in [0.1, 0.15) is 5.56 Å². The molecule has 18 heavy (non-hydrogen) atoms. The van der Waals surface area contributed by atoms with Gasteiger partial charge < -0.3 is 4.23 Å². The van der Waals surface area contributed by atoms with Gasteiger partial charge in [0.1, 0.15) is 16.5 Å². The van der Waals surface area contributed by atoms with Gasteiger partial charge in [0.2, 0.25) is 0 Å². The fourth-order valence-corrected chi connectivity index (χ4v) is 11.5. The van der Waals surface area contributed by atoms with E-state index in [0.29, 0.717) is 0 Å². The number of rotatable bonds is 5. The van der Waals surface area contributed by atoms with Crippen molar-refractivity contribution >= 4 is 16.5 Å². The Balaban J connectivity index is 2.74. The van der Waals surface area contributed by atoms with E-state index in [4.69, 9.17) is 0 Å². The van der Waals surface area contributed by atoms with E-state index >= 15 is 0 Å². The summed E-state index contributed by atoms with van der Waals surface area (Å²) in [5.41, 5.74) is 1.39. The van der Waals surface area contributed by atoms with Crippen molar-refractivity contribution in [2.75, 3.05) is 0 Å². The molecule has 0 radical (unpaired) electrons. The summed E-state index contributed by atoms with van der Waals surface area (Å²) in [5.74, 6) is 0. The van der Waals surface area contributed by atoms with E-state index in [1.54, 1.807) is 0 Å². The lowest BCUT2D eigenvalue weighted by atomic mass is 10.1. The molecule has 0 spiro atoms. The van der Waals surface area contributed by atoms with Gasteiger partial charge in [0.05, 0.1) is 0 Å². The van der Waals surface area contributed by atoms with E-state index in [9.17, 15) is 0 Å². The average Bonchev–Trinajstić information content (AvgIpc) is 2.22. The first kappa shape index (κ1) is 15.3. The van der Waals surface area contributed by atoms with Crippen molar-refractivity contribution in [3.05, 3.63) is 48.2 Å². The quantitative estimate of drug-likeness (QED) is 0.704. The Bertz CT molecular complexity index is 371. The molecule has 3 heteroatoms. The van der Waals surface area contributed by atoms with E-state index in [1.807, 2.05) is 0 Å². The molecule has 100 valence electrons. The molecule has 1 aromatic rings. The van der Waals surface area contributed by atoms with E-state index < -0.39 is 16.5 Å². The fraction of sp³-hybridized carbons (Fsp3) is 0.467. The van der Waals surface area contributed by atoms with Gasteiger partial charge >= 0.3 is 0 Å². The monoisotopic (exact) mass is 277 g/mol. The predicted octanol–water partition coefficient (Wildman–Crippen LogP) is 4.71. The van der Waals surface area contributed by atoms with Gasteiger partial charge in [-0.15, -0.1) is 0 Å². The molecule has 0 aromatic heterocycles. The van der Waals surface area contributed by atoms with Gasteiger partial charge in [-0.3, -0.25) is 0 Å². The molecule has 0 aliphatic heterocycles. The minimum atomic E-state index is -1.25. The number of hydrogen-bond donors (Lipinski definition) is 0. The normalized spacial score (nSPS) is 13.0. The van der Waals surface area contributed by atoms with Crippen molar-refractivity contribution in [3.8, 4) is 0 Å². The Labute approximate surface area is 115 Å². The average molecular weight is 278 g/mol. The zero-order chi connectivity index (χ0) is 13.8. The van der Waals surface area contributed by atoms with Crippen LogP contribution in [0.3, 0.4) is 0 Å². The first-order valence-corrected chi connectivity index (χ1v) is 13.6. The highest BCUT2D eigenvalue weighted by Crippen LogP contribution is 2.20. The molecule has 0 aliphatic rings.